The molecule has 1 amide bonds. The lowest BCUT2D eigenvalue weighted by molar-refractivity contribution is -0.149. The Morgan fingerprint density at radius 3 is 2.65 bits per heavy atom. The smallest absolute Gasteiger partial charge is 0.326 e. The molecule has 2 unspecified atom stereocenters. The number of nitrogens with zero attached hydrogens (tertiary/aromatic N) is 1. The summed E-state index contributed by atoms with van der Waals surface area (Å²) < 4.78 is 0. The Bertz CT molecular complexity index is 331. The first-order valence-electron chi connectivity index (χ1n) is 5.60. The van der Waals surface area contributed by atoms with E-state index in [1.54, 1.807) is 6.92 Å². The third-order valence-corrected chi connectivity index (χ3v) is 3.85. The maximum atomic E-state index is 12.0. The van der Waals surface area contributed by atoms with Crippen molar-refractivity contribution in [3.63, 3.8) is 0 Å². The first-order chi connectivity index (χ1) is 7.93. The van der Waals surface area contributed by atoms with E-state index in [0.29, 0.717) is 18.7 Å². The standard InChI is InChI=1S/C11H17NO4S/c1-7(6-17-8(2)13)10(14)12-5-3-4-9(12)11(15)16/h7,9H,3-6H2,1-2H3,(H,15,16). The second-order valence-corrected chi connectivity index (χ2v) is 5.43. The normalized spacial score (nSPS) is 21.3. The van der Waals surface area contributed by atoms with Crippen molar-refractivity contribution in [2.24, 2.45) is 5.92 Å². The number of likely N-dealkylation sites (tertiary alicyclic amines) is 1. The van der Waals surface area contributed by atoms with E-state index in [1.807, 2.05) is 0 Å². The second-order valence-electron chi connectivity index (χ2n) is 4.23. The summed E-state index contributed by atoms with van der Waals surface area (Å²) in [5, 5.41) is 8.95. The maximum absolute atomic E-state index is 12.0. The molecule has 1 aliphatic heterocycles. The fraction of sp³-hybridized carbons (Fsp3) is 0.727. The van der Waals surface area contributed by atoms with Crippen molar-refractivity contribution in [3.8, 4) is 0 Å². The Kier molecular flexibility index (Phi) is 4.99. The summed E-state index contributed by atoms with van der Waals surface area (Å²) in [7, 11) is 0. The Hall–Kier alpha value is -1.04. The number of thioether (sulfide) groups is 1. The van der Waals surface area contributed by atoms with Gasteiger partial charge < -0.3 is 10.0 Å². The van der Waals surface area contributed by atoms with Gasteiger partial charge in [0.25, 0.3) is 0 Å². The van der Waals surface area contributed by atoms with Crippen LogP contribution in [0.3, 0.4) is 0 Å². The molecule has 0 aromatic heterocycles. The molecule has 1 fully saturated rings. The monoisotopic (exact) mass is 259 g/mol. The van der Waals surface area contributed by atoms with Gasteiger partial charge in [-0.05, 0) is 12.8 Å². The fourth-order valence-electron chi connectivity index (χ4n) is 1.88. The number of aliphatic carboxylic acids is 1. The summed E-state index contributed by atoms with van der Waals surface area (Å²) in [4.78, 5) is 35.2. The van der Waals surface area contributed by atoms with Gasteiger partial charge in [0.15, 0.2) is 5.12 Å². The van der Waals surface area contributed by atoms with E-state index in [4.69, 9.17) is 5.11 Å². The Morgan fingerprint density at radius 2 is 2.12 bits per heavy atom. The van der Waals surface area contributed by atoms with Crippen molar-refractivity contribution in [2.75, 3.05) is 12.3 Å². The minimum absolute atomic E-state index is 0.0270. The zero-order chi connectivity index (χ0) is 13.0. The maximum Gasteiger partial charge on any atom is 0.326 e. The number of rotatable bonds is 4. The van der Waals surface area contributed by atoms with Gasteiger partial charge in [-0.15, -0.1) is 0 Å². The average molecular weight is 259 g/mol. The van der Waals surface area contributed by atoms with Crippen LogP contribution in [0.2, 0.25) is 0 Å². The van der Waals surface area contributed by atoms with Gasteiger partial charge in [0.05, 0.1) is 0 Å². The van der Waals surface area contributed by atoms with Gasteiger partial charge in [-0.25, -0.2) is 4.79 Å². The molecule has 1 saturated heterocycles. The number of hydrogen-bond acceptors (Lipinski definition) is 4. The van der Waals surface area contributed by atoms with Crippen LogP contribution in [-0.4, -0.2) is 45.3 Å². The Balaban J connectivity index is 2.56. The highest BCUT2D eigenvalue weighted by Crippen LogP contribution is 2.21. The van der Waals surface area contributed by atoms with E-state index in [2.05, 4.69) is 0 Å². The summed E-state index contributed by atoms with van der Waals surface area (Å²) in [5.41, 5.74) is 0. The summed E-state index contributed by atoms with van der Waals surface area (Å²) in [6, 6.07) is -0.688. The molecule has 0 radical (unpaired) electrons. The predicted molar refractivity (Wildman–Crippen MR) is 64.7 cm³/mol. The van der Waals surface area contributed by atoms with Crippen molar-refractivity contribution in [1.82, 2.24) is 4.90 Å². The lowest BCUT2D eigenvalue weighted by Crippen LogP contribution is -2.43. The van der Waals surface area contributed by atoms with E-state index in [-0.39, 0.29) is 16.9 Å². The Morgan fingerprint density at radius 1 is 1.47 bits per heavy atom. The summed E-state index contributed by atoms with van der Waals surface area (Å²) in [5.74, 6) is -1.01. The lowest BCUT2D eigenvalue weighted by atomic mass is 10.1. The third kappa shape index (κ3) is 3.73. The van der Waals surface area contributed by atoms with E-state index < -0.39 is 12.0 Å². The SMILES string of the molecule is CC(=O)SCC(C)C(=O)N1CCCC1C(=O)O. The number of hydrogen-bond donors (Lipinski definition) is 1. The number of amides is 1. The van der Waals surface area contributed by atoms with E-state index in [1.165, 1.54) is 11.8 Å². The van der Waals surface area contributed by atoms with Crippen molar-refractivity contribution >= 4 is 28.8 Å². The molecule has 0 aliphatic carbocycles. The van der Waals surface area contributed by atoms with Crippen LogP contribution >= 0.6 is 11.8 Å². The summed E-state index contributed by atoms with van der Waals surface area (Å²) >= 11 is 1.10. The second kappa shape index (κ2) is 6.05. The van der Waals surface area contributed by atoms with Gasteiger partial charge in [0.1, 0.15) is 6.04 Å². The molecule has 0 aromatic carbocycles. The van der Waals surface area contributed by atoms with Crippen LogP contribution in [0.1, 0.15) is 26.7 Å². The van der Waals surface area contributed by atoms with Crippen LogP contribution < -0.4 is 0 Å². The topological polar surface area (TPSA) is 74.7 Å². The molecule has 96 valence electrons. The molecule has 0 saturated carbocycles. The summed E-state index contributed by atoms with van der Waals surface area (Å²) in [6.07, 6.45) is 1.25. The van der Waals surface area contributed by atoms with Gasteiger partial charge in [0.2, 0.25) is 5.91 Å². The van der Waals surface area contributed by atoms with Crippen molar-refractivity contribution in [3.05, 3.63) is 0 Å². The predicted octanol–water partition coefficient (Wildman–Crippen LogP) is 0.978. The highest BCUT2D eigenvalue weighted by molar-refractivity contribution is 8.13. The highest BCUT2D eigenvalue weighted by atomic mass is 32.2. The molecule has 6 heteroatoms. The first kappa shape index (κ1) is 14.0. The Labute approximate surface area is 105 Å². The van der Waals surface area contributed by atoms with Crippen LogP contribution in [0.15, 0.2) is 0 Å². The van der Waals surface area contributed by atoms with Crippen LogP contribution in [0.25, 0.3) is 0 Å². The van der Waals surface area contributed by atoms with Crippen LogP contribution in [0, 0.1) is 5.92 Å². The molecule has 0 bridgehead atoms. The molecule has 0 aromatic rings. The lowest BCUT2D eigenvalue weighted by Gasteiger charge is -2.24. The van der Waals surface area contributed by atoms with Crippen LogP contribution in [-0.2, 0) is 14.4 Å². The molecular formula is C11H17NO4S. The molecule has 5 nitrogen and oxygen atoms in total. The molecule has 1 rings (SSSR count). The average Bonchev–Trinajstić information content (AvgIpc) is 2.73. The molecule has 1 heterocycles. The van der Waals surface area contributed by atoms with Gasteiger partial charge in [-0.1, -0.05) is 18.7 Å². The van der Waals surface area contributed by atoms with Gasteiger partial charge >= 0.3 is 5.97 Å². The molecule has 0 spiro atoms. The molecule has 1 aliphatic rings. The number of carboxylic acid groups (broad SMARTS) is 1. The largest absolute Gasteiger partial charge is 0.480 e. The third-order valence-electron chi connectivity index (χ3n) is 2.78. The number of carboxylic acids is 1. The van der Waals surface area contributed by atoms with Gasteiger partial charge in [0, 0.05) is 25.1 Å². The molecule has 1 N–H and O–H groups in total. The van der Waals surface area contributed by atoms with E-state index in [0.717, 1.165) is 18.2 Å². The van der Waals surface area contributed by atoms with Crippen LogP contribution in [0.4, 0.5) is 0 Å². The molecular weight excluding hydrogens is 242 g/mol. The molecule has 2 atom stereocenters. The van der Waals surface area contributed by atoms with Crippen molar-refractivity contribution in [1.29, 1.82) is 0 Å². The van der Waals surface area contributed by atoms with Crippen LogP contribution in [0.5, 0.6) is 0 Å². The van der Waals surface area contributed by atoms with E-state index >= 15 is 0 Å². The fourth-order valence-corrected chi connectivity index (χ4v) is 2.51. The minimum Gasteiger partial charge on any atom is -0.480 e. The number of carbonyl (C=O) groups is 3. The quantitative estimate of drug-likeness (QED) is 0.814. The van der Waals surface area contributed by atoms with E-state index in [9.17, 15) is 14.4 Å². The molecule has 17 heavy (non-hydrogen) atoms. The first-order valence-corrected chi connectivity index (χ1v) is 6.58. The van der Waals surface area contributed by atoms with Crippen molar-refractivity contribution < 1.29 is 19.5 Å². The zero-order valence-electron chi connectivity index (χ0n) is 10.0. The van der Waals surface area contributed by atoms with Gasteiger partial charge in [-0.3, -0.25) is 9.59 Å². The van der Waals surface area contributed by atoms with Crippen molar-refractivity contribution in [2.45, 2.75) is 32.7 Å². The highest BCUT2D eigenvalue weighted by Gasteiger charge is 2.35. The summed E-state index contributed by atoms with van der Waals surface area (Å²) in [6.45, 7) is 3.69. The minimum atomic E-state index is -0.942. The zero-order valence-corrected chi connectivity index (χ0v) is 10.8. The van der Waals surface area contributed by atoms with Gasteiger partial charge in [-0.2, -0.15) is 0 Å². The number of carbonyl (C=O) groups excluding carboxylic acids is 2.